The number of methoxy groups -OCH3 is 1. The minimum absolute atomic E-state index is 0.577. The Bertz CT molecular complexity index is 420. The minimum Gasteiger partial charge on any atom is -0.378 e. The smallest absolute Gasteiger partial charge is 0.0921 e. The van der Waals surface area contributed by atoms with E-state index in [4.69, 9.17) is 4.74 Å². The lowest BCUT2D eigenvalue weighted by atomic mass is 10.2. The molecule has 0 fully saturated rings. The van der Waals surface area contributed by atoms with Crippen molar-refractivity contribution in [2.24, 2.45) is 0 Å². The predicted octanol–water partition coefficient (Wildman–Crippen LogP) is 2.82. The highest BCUT2D eigenvalue weighted by Crippen LogP contribution is 2.14. The van der Waals surface area contributed by atoms with Gasteiger partial charge in [0, 0.05) is 18.9 Å². The number of aryl methyl sites for hydroxylation is 1. The highest BCUT2D eigenvalue weighted by molar-refractivity contribution is 5.55. The van der Waals surface area contributed by atoms with Crippen molar-refractivity contribution < 1.29 is 4.74 Å². The van der Waals surface area contributed by atoms with E-state index in [1.807, 2.05) is 36.7 Å². The van der Waals surface area contributed by atoms with E-state index in [0.717, 1.165) is 11.2 Å². The summed E-state index contributed by atoms with van der Waals surface area (Å²) in [6.45, 7) is 6.64. The lowest BCUT2D eigenvalue weighted by molar-refractivity contribution is 0.180. The number of hydrogen-bond acceptors (Lipinski definition) is 2. The van der Waals surface area contributed by atoms with Gasteiger partial charge in [-0.25, -0.2) is 4.52 Å². The molecule has 0 bridgehead atoms. The van der Waals surface area contributed by atoms with Gasteiger partial charge in [0.05, 0.1) is 17.8 Å². The molecule has 2 aromatic heterocycles. The largest absolute Gasteiger partial charge is 0.378 e. The van der Waals surface area contributed by atoms with Crippen LogP contribution in [0.5, 0.6) is 0 Å². The summed E-state index contributed by atoms with van der Waals surface area (Å²) in [6, 6.07) is 6.04. The van der Waals surface area contributed by atoms with Gasteiger partial charge in [0.25, 0.3) is 0 Å². The van der Waals surface area contributed by atoms with E-state index in [0.29, 0.717) is 6.61 Å². The molecule has 82 valence electrons. The van der Waals surface area contributed by atoms with Crippen LogP contribution in [0, 0.1) is 6.92 Å². The Hall–Kier alpha value is -1.35. The normalized spacial score (nSPS) is 9.87. The molecule has 0 saturated heterocycles. The second-order valence-corrected chi connectivity index (χ2v) is 3.04. The van der Waals surface area contributed by atoms with E-state index in [-0.39, 0.29) is 0 Å². The van der Waals surface area contributed by atoms with Gasteiger partial charge in [-0.1, -0.05) is 19.9 Å². The first-order chi connectivity index (χ1) is 7.33. The standard InChI is InChI=1S/C10H12N2O.C2H6/c1-8-9(7-13-2)11-12-6-4-3-5-10(8)12;1-2/h3-6H,7H2,1-2H3;1-2H3. The molecule has 0 unspecified atom stereocenters. The van der Waals surface area contributed by atoms with Gasteiger partial charge in [-0.3, -0.25) is 0 Å². The van der Waals surface area contributed by atoms with Crippen molar-refractivity contribution in [1.82, 2.24) is 9.61 Å². The van der Waals surface area contributed by atoms with Crippen LogP contribution in [0.3, 0.4) is 0 Å². The summed E-state index contributed by atoms with van der Waals surface area (Å²) in [5, 5.41) is 4.39. The Balaban J connectivity index is 0.000000531. The molecule has 15 heavy (non-hydrogen) atoms. The molecule has 0 saturated carbocycles. The molecule has 0 aliphatic carbocycles. The summed E-state index contributed by atoms with van der Waals surface area (Å²) in [6.07, 6.45) is 1.95. The van der Waals surface area contributed by atoms with Crippen LogP contribution in [0.2, 0.25) is 0 Å². The molecule has 2 rings (SSSR count). The van der Waals surface area contributed by atoms with Crippen molar-refractivity contribution in [2.45, 2.75) is 27.4 Å². The number of pyridine rings is 1. The Labute approximate surface area is 90.7 Å². The number of rotatable bonds is 2. The molecule has 0 aliphatic heterocycles. The van der Waals surface area contributed by atoms with E-state index in [2.05, 4.69) is 18.1 Å². The van der Waals surface area contributed by atoms with Crippen molar-refractivity contribution in [1.29, 1.82) is 0 Å². The summed E-state index contributed by atoms with van der Waals surface area (Å²) in [4.78, 5) is 0. The number of fused-ring (bicyclic) bond motifs is 1. The van der Waals surface area contributed by atoms with Crippen molar-refractivity contribution >= 4 is 5.52 Å². The molecule has 0 N–H and O–H groups in total. The highest BCUT2D eigenvalue weighted by atomic mass is 16.5. The summed E-state index contributed by atoms with van der Waals surface area (Å²) in [5.74, 6) is 0. The maximum Gasteiger partial charge on any atom is 0.0921 e. The fourth-order valence-electron chi connectivity index (χ4n) is 1.45. The SMILES string of the molecule is CC.COCc1nn2ccccc2c1C. The number of nitrogens with zero attached hydrogens (tertiary/aromatic N) is 2. The van der Waals surface area contributed by atoms with Gasteiger partial charge in [0.15, 0.2) is 0 Å². The van der Waals surface area contributed by atoms with E-state index in [1.165, 1.54) is 5.56 Å². The lowest BCUT2D eigenvalue weighted by Gasteiger charge is -1.93. The van der Waals surface area contributed by atoms with Gasteiger partial charge in [-0.2, -0.15) is 5.10 Å². The topological polar surface area (TPSA) is 26.5 Å². The van der Waals surface area contributed by atoms with Gasteiger partial charge < -0.3 is 4.74 Å². The molecule has 2 heterocycles. The van der Waals surface area contributed by atoms with Gasteiger partial charge in [-0.15, -0.1) is 0 Å². The third kappa shape index (κ3) is 2.36. The third-order valence-electron chi connectivity index (χ3n) is 2.17. The molecule has 3 heteroatoms. The van der Waals surface area contributed by atoms with E-state index in [9.17, 15) is 0 Å². The Morgan fingerprint density at radius 1 is 1.33 bits per heavy atom. The average molecular weight is 206 g/mol. The van der Waals surface area contributed by atoms with Gasteiger partial charge in [0.1, 0.15) is 0 Å². The first kappa shape index (κ1) is 11.7. The average Bonchev–Trinajstić information content (AvgIpc) is 2.60. The maximum absolute atomic E-state index is 5.06. The Morgan fingerprint density at radius 2 is 2.07 bits per heavy atom. The van der Waals surface area contributed by atoms with E-state index < -0.39 is 0 Å². The van der Waals surface area contributed by atoms with Gasteiger partial charge >= 0.3 is 0 Å². The molecule has 0 spiro atoms. The summed E-state index contributed by atoms with van der Waals surface area (Å²) in [7, 11) is 1.68. The molecule has 0 atom stereocenters. The zero-order chi connectivity index (χ0) is 11.3. The predicted molar refractivity (Wildman–Crippen MR) is 62.0 cm³/mol. The fourth-order valence-corrected chi connectivity index (χ4v) is 1.45. The second-order valence-electron chi connectivity index (χ2n) is 3.04. The van der Waals surface area contributed by atoms with Crippen molar-refractivity contribution in [3.8, 4) is 0 Å². The molecule has 0 radical (unpaired) electrons. The minimum atomic E-state index is 0.577. The molecule has 2 aromatic rings. The van der Waals surface area contributed by atoms with Crippen LogP contribution >= 0.6 is 0 Å². The maximum atomic E-state index is 5.06. The molecule has 0 aromatic carbocycles. The van der Waals surface area contributed by atoms with E-state index in [1.54, 1.807) is 7.11 Å². The number of hydrogen-bond donors (Lipinski definition) is 0. The molecular formula is C12H18N2O. The molecule has 0 aliphatic rings. The van der Waals surface area contributed by atoms with Crippen LogP contribution < -0.4 is 0 Å². The molecule has 3 nitrogen and oxygen atoms in total. The van der Waals surface area contributed by atoms with Crippen molar-refractivity contribution in [3.05, 3.63) is 35.7 Å². The van der Waals surface area contributed by atoms with Crippen molar-refractivity contribution in [3.63, 3.8) is 0 Å². The molecular weight excluding hydrogens is 188 g/mol. The van der Waals surface area contributed by atoms with Gasteiger partial charge in [-0.05, 0) is 19.1 Å². The second kappa shape index (κ2) is 5.51. The monoisotopic (exact) mass is 206 g/mol. The zero-order valence-electron chi connectivity index (χ0n) is 9.82. The van der Waals surface area contributed by atoms with Gasteiger partial charge in [0.2, 0.25) is 0 Å². The zero-order valence-corrected chi connectivity index (χ0v) is 9.82. The fraction of sp³-hybridized carbons (Fsp3) is 0.417. The first-order valence-electron chi connectivity index (χ1n) is 5.24. The number of ether oxygens (including phenoxy) is 1. The summed E-state index contributed by atoms with van der Waals surface area (Å²) >= 11 is 0. The lowest BCUT2D eigenvalue weighted by Crippen LogP contribution is -1.90. The van der Waals surface area contributed by atoms with Crippen LogP contribution in [0.1, 0.15) is 25.1 Å². The Morgan fingerprint density at radius 3 is 2.67 bits per heavy atom. The quantitative estimate of drug-likeness (QED) is 0.755. The third-order valence-corrected chi connectivity index (χ3v) is 2.17. The first-order valence-corrected chi connectivity index (χ1v) is 5.24. The summed E-state index contributed by atoms with van der Waals surface area (Å²) < 4.78 is 6.94. The Kier molecular flexibility index (Phi) is 4.31. The number of aromatic nitrogens is 2. The van der Waals surface area contributed by atoms with Crippen LogP contribution in [-0.4, -0.2) is 16.7 Å². The van der Waals surface area contributed by atoms with Crippen LogP contribution in [0.4, 0.5) is 0 Å². The van der Waals surface area contributed by atoms with E-state index >= 15 is 0 Å². The van der Waals surface area contributed by atoms with Crippen LogP contribution in [0.25, 0.3) is 5.52 Å². The highest BCUT2D eigenvalue weighted by Gasteiger charge is 2.06. The van der Waals surface area contributed by atoms with Crippen LogP contribution in [0.15, 0.2) is 24.4 Å². The van der Waals surface area contributed by atoms with Crippen molar-refractivity contribution in [2.75, 3.05) is 7.11 Å². The van der Waals surface area contributed by atoms with Crippen LogP contribution in [-0.2, 0) is 11.3 Å². The summed E-state index contributed by atoms with van der Waals surface area (Å²) in [5.41, 5.74) is 3.35. The molecule has 0 amide bonds.